The van der Waals surface area contributed by atoms with E-state index in [1.165, 1.54) is 18.2 Å². The Balaban J connectivity index is 1.98. The summed E-state index contributed by atoms with van der Waals surface area (Å²) >= 11 is 0. The average Bonchev–Trinajstić information content (AvgIpc) is 2.94. The monoisotopic (exact) mass is 326 g/mol. The number of amides is 1. The van der Waals surface area contributed by atoms with Gasteiger partial charge in [0.05, 0.1) is 4.92 Å². The molecule has 0 saturated heterocycles. The second-order valence-corrected chi connectivity index (χ2v) is 4.57. The molecule has 0 saturated carbocycles. The Bertz CT molecular complexity index is 858. The van der Waals surface area contributed by atoms with Gasteiger partial charge >= 0.3 is 0 Å². The quantitative estimate of drug-likeness (QED) is 0.620. The minimum Gasteiger partial charge on any atom is -0.484 e. The third-order valence-corrected chi connectivity index (χ3v) is 2.91. The first-order valence-electron chi connectivity index (χ1n) is 6.52. The third kappa shape index (κ3) is 3.64. The molecule has 0 bridgehead atoms. The molecule has 0 fully saturated rings. The van der Waals surface area contributed by atoms with E-state index in [1.807, 2.05) is 0 Å². The lowest BCUT2D eigenvalue weighted by Crippen LogP contribution is -2.20. The molecule has 1 aromatic heterocycles. The van der Waals surface area contributed by atoms with Gasteiger partial charge in [0.1, 0.15) is 17.9 Å². The second kappa shape index (κ2) is 6.89. The first-order chi connectivity index (χ1) is 11.4. The van der Waals surface area contributed by atoms with Gasteiger partial charge in [0.25, 0.3) is 11.6 Å². The molecule has 0 aliphatic carbocycles. The SMILES string of the molecule is Cc1cc(OCC(=O)Nc2nc(C#N)c(C#N)[nH]2)ccc1[N+](=O)[O-]. The van der Waals surface area contributed by atoms with E-state index in [4.69, 9.17) is 15.3 Å². The number of benzene rings is 1. The number of nitrogens with zero attached hydrogens (tertiary/aromatic N) is 4. The summed E-state index contributed by atoms with van der Waals surface area (Å²) in [5.74, 6) is -0.326. The molecular formula is C14H10N6O4. The maximum absolute atomic E-state index is 11.8. The number of aromatic amines is 1. The van der Waals surface area contributed by atoms with Gasteiger partial charge in [-0.3, -0.25) is 20.2 Å². The number of aromatic nitrogens is 2. The fraction of sp³-hybridized carbons (Fsp3) is 0.143. The van der Waals surface area contributed by atoms with Gasteiger partial charge in [0.2, 0.25) is 5.95 Å². The van der Waals surface area contributed by atoms with Crippen molar-refractivity contribution in [3.05, 3.63) is 45.3 Å². The van der Waals surface area contributed by atoms with E-state index in [0.717, 1.165) is 0 Å². The standard InChI is InChI=1S/C14H10N6O4/c1-8-4-9(2-3-12(8)20(22)23)24-7-13(21)19-14-17-10(5-15)11(6-16)18-14/h2-4H,7H2,1H3,(H2,17,18,19,21). The number of nitro benzene ring substituents is 1. The van der Waals surface area contributed by atoms with E-state index in [1.54, 1.807) is 19.1 Å². The van der Waals surface area contributed by atoms with Crippen LogP contribution in [0.3, 0.4) is 0 Å². The fourth-order valence-corrected chi connectivity index (χ4v) is 1.83. The van der Waals surface area contributed by atoms with Crippen molar-refractivity contribution in [3.8, 4) is 17.9 Å². The summed E-state index contributed by atoms with van der Waals surface area (Å²) in [6.07, 6.45) is 0. The van der Waals surface area contributed by atoms with Crippen LogP contribution in [0, 0.1) is 39.7 Å². The van der Waals surface area contributed by atoms with E-state index >= 15 is 0 Å². The molecule has 0 unspecified atom stereocenters. The van der Waals surface area contributed by atoms with Crippen molar-refractivity contribution in [1.82, 2.24) is 9.97 Å². The summed E-state index contributed by atoms with van der Waals surface area (Å²) in [6, 6.07) is 7.57. The van der Waals surface area contributed by atoms with Crippen LogP contribution in [-0.4, -0.2) is 27.4 Å². The van der Waals surface area contributed by atoms with Crippen molar-refractivity contribution in [2.24, 2.45) is 0 Å². The number of rotatable bonds is 5. The number of nitriles is 2. The first-order valence-corrected chi connectivity index (χ1v) is 6.52. The Morgan fingerprint density at radius 2 is 2.21 bits per heavy atom. The van der Waals surface area contributed by atoms with E-state index < -0.39 is 10.8 Å². The molecule has 10 nitrogen and oxygen atoms in total. The highest BCUT2D eigenvalue weighted by Gasteiger charge is 2.13. The number of ether oxygens (including phenoxy) is 1. The van der Waals surface area contributed by atoms with E-state index in [-0.39, 0.29) is 29.6 Å². The molecule has 0 aliphatic rings. The maximum atomic E-state index is 11.8. The van der Waals surface area contributed by atoms with Gasteiger partial charge < -0.3 is 9.72 Å². The predicted molar refractivity (Wildman–Crippen MR) is 80.0 cm³/mol. The number of aryl methyl sites for hydroxylation is 1. The fourth-order valence-electron chi connectivity index (χ4n) is 1.83. The molecule has 0 aliphatic heterocycles. The molecule has 1 heterocycles. The normalized spacial score (nSPS) is 9.62. The second-order valence-electron chi connectivity index (χ2n) is 4.57. The molecule has 0 spiro atoms. The lowest BCUT2D eigenvalue weighted by Gasteiger charge is -2.06. The van der Waals surface area contributed by atoms with E-state index in [9.17, 15) is 14.9 Å². The Kier molecular flexibility index (Phi) is 4.72. The lowest BCUT2D eigenvalue weighted by molar-refractivity contribution is -0.385. The highest BCUT2D eigenvalue weighted by molar-refractivity contribution is 5.90. The molecule has 2 aromatic rings. The summed E-state index contributed by atoms with van der Waals surface area (Å²) in [5.41, 5.74) is 0.177. The molecule has 24 heavy (non-hydrogen) atoms. The van der Waals surface area contributed by atoms with Gasteiger partial charge in [0, 0.05) is 11.6 Å². The van der Waals surface area contributed by atoms with Crippen LogP contribution < -0.4 is 10.1 Å². The van der Waals surface area contributed by atoms with Gasteiger partial charge in [-0.05, 0) is 19.1 Å². The van der Waals surface area contributed by atoms with Crippen LogP contribution in [0.1, 0.15) is 17.0 Å². The zero-order valence-corrected chi connectivity index (χ0v) is 12.4. The van der Waals surface area contributed by atoms with Crippen molar-refractivity contribution in [2.45, 2.75) is 6.92 Å². The third-order valence-electron chi connectivity index (χ3n) is 2.91. The van der Waals surface area contributed by atoms with E-state index in [2.05, 4.69) is 15.3 Å². The van der Waals surface area contributed by atoms with Crippen molar-refractivity contribution < 1.29 is 14.5 Å². The lowest BCUT2D eigenvalue weighted by atomic mass is 10.2. The number of nitro groups is 1. The number of hydrogen-bond donors (Lipinski definition) is 2. The Labute approximate surface area is 135 Å². The van der Waals surface area contributed by atoms with Gasteiger partial charge in [-0.1, -0.05) is 0 Å². The highest BCUT2D eigenvalue weighted by Crippen LogP contribution is 2.23. The molecule has 2 N–H and O–H groups in total. The molecule has 2 rings (SSSR count). The first kappa shape index (κ1) is 16.5. The van der Waals surface area contributed by atoms with Crippen LogP contribution in [0.4, 0.5) is 11.6 Å². The molecule has 1 aromatic carbocycles. The van der Waals surface area contributed by atoms with Crippen molar-refractivity contribution in [2.75, 3.05) is 11.9 Å². The zero-order chi connectivity index (χ0) is 17.7. The summed E-state index contributed by atoms with van der Waals surface area (Å²) in [5, 5.41) is 30.6. The van der Waals surface area contributed by atoms with Crippen molar-refractivity contribution in [3.63, 3.8) is 0 Å². The summed E-state index contributed by atoms with van der Waals surface area (Å²) in [4.78, 5) is 28.2. The van der Waals surface area contributed by atoms with Crippen LogP contribution in [0.15, 0.2) is 18.2 Å². The molecule has 10 heteroatoms. The summed E-state index contributed by atoms with van der Waals surface area (Å²) in [6.45, 7) is 1.18. The van der Waals surface area contributed by atoms with Crippen LogP contribution in [0.2, 0.25) is 0 Å². The number of carbonyl (C=O) groups excluding carboxylic acids is 1. The maximum Gasteiger partial charge on any atom is 0.272 e. The van der Waals surface area contributed by atoms with Crippen molar-refractivity contribution in [1.29, 1.82) is 10.5 Å². The predicted octanol–water partition coefficient (Wildman–Crippen LogP) is 1.39. The van der Waals surface area contributed by atoms with Gasteiger partial charge in [-0.15, -0.1) is 0 Å². The molecule has 1 amide bonds. The zero-order valence-electron chi connectivity index (χ0n) is 12.4. The minimum atomic E-state index is -0.575. The summed E-state index contributed by atoms with van der Waals surface area (Å²) < 4.78 is 5.24. The van der Waals surface area contributed by atoms with Crippen LogP contribution in [0.25, 0.3) is 0 Å². The average molecular weight is 326 g/mol. The topological polar surface area (TPSA) is 158 Å². The van der Waals surface area contributed by atoms with Gasteiger partial charge in [-0.25, -0.2) is 4.98 Å². The number of anilines is 1. The number of carbonyl (C=O) groups is 1. The van der Waals surface area contributed by atoms with Crippen LogP contribution >= 0.6 is 0 Å². The number of hydrogen-bond acceptors (Lipinski definition) is 7. The smallest absolute Gasteiger partial charge is 0.272 e. The molecule has 120 valence electrons. The minimum absolute atomic E-state index is 0.0448. The highest BCUT2D eigenvalue weighted by atomic mass is 16.6. The van der Waals surface area contributed by atoms with Crippen LogP contribution in [0.5, 0.6) is 5.75 Å². The van der Waals surface area contributed by atoms with Crippen molar-refractivity contribution >= 4 is 17.5 Å². The Morgan fingerprint density at radius 3 is 2.75 bits per heavy atom. The Morgan fingerprint density at radius 1 is 1.46 bits per heavy atom. The number of H-pyrrole nitrogens is 1. The van der Waals surface area contributed by atoms with Gasteiger partial charge in [-0.2, -0.15) is 10.5 Å². The largest absolute Gasteiger partial charge is 0.484 e. The Hall–Kier alpha value is -3.92. The molecule has 0 atom stereocenters. The van der Waals surface area contributed by atoms with Crippen LogP contribution in [-0.2, 0) is 4.79 Å². The van der Waals surface area contributed by atoms with Gasteiger partial charge in [0.15, 0.2) is 18.0 Å². The summed E-state index contributed by atoms with van der Waals surface area (Å²) in [7, 11) is 0. The van der Waals surface area contributed by atoms with E-state index in [0.29, 0.717) is 11.3 Å². The number of nitrogens with one attached hydrogen (secondary N) is 2. The number of imidazole rings is 1. The molecule has 0 radical (unpaired) electrons. The molecular weight excluding hydrogens is 316 g/mol.